The third-order valence-corrected chi connectivity index (χ3v) is 8.22. The molecular weight excluding hydrogens is 558 g/mol. The Hall–Kier alpha value is -3.26. The van der Waals surface area contributed by atoms with Gasteiger partial charge < -0.3 is 10.2 Å². The van der Waals surface area contributed by atoms with Gasteiger partial charge in [-0.2, -0.15) is 0 Å². The molecule has 39 heavy (non-hydrogen) atoms. The fraction of sp³-hybridized carbons (Fsp3) is 0.419. The van der Waals surface area contributed by atoms with Crippen LogP contribution in [-0.4, -0.2) is 52.1 Å². The van der Waals surface area contributed by atoms with Crippen LogP contribution in [-0.2, 0) is 32.1 Å². The van der Waals surface area contributed by atoms with Crippen molar-refractivity contribution >= 4 is 39.6 Å². The summed E-state index contributed by atoms with van der Waals surface area (Å²) in [6.07, 6.45) is 6.09. The minimum absolute atomic E-state index is 0.0192. The Balaban J connectivity index is 1.58. The Morgan fingerprint density at radius 1 is 0.974 bits per heavy atom. The van der Waals surface area contributed by atoms with Crippen molar-refractivity contribution in [3.05, 3.63) is 82.3 Å². The third-order valence-electron chi connectivity index (χ3n) is 7.69. The normalized spacial score (nSPS) is 19.9. The van der Waals surface area contributed by atoms with Gasteiger partial charge in [0.05, 0.1) is 11.8 Å². The van der Waals surface area contributed by atoms with E-state index in [9.17, 15) is 19.2 Å². The molecule has 2 aliphatic rings. The van der Waals surface area contributed by atoms with E-state index in [0.717, 1.165) is 22.0 Å². The summed E-state index contributed by atoms with van der Waals surface area (Å²) in [5.74, 6) is -1.54. The highest BCUT2D eigenvalue weighted by molar-refractivity contribution is 9.10. The van der Waals surface area contributed by atoms with Gasteiger partial charge in [0.15, 0.2) is 0 Å². The zero-order valence-electron chi connectivity index (χ0n) is 22.5. The lowest BCUT2D eigenvalue weighted by atomic mass is 9.85. The first-order valence-electron chi connectivity index (χ1n) is 13.7. The van der Waals surface area contributed by atoms with Gasteiger partial charge in [-0.05, 0) is 49.4 Å². The summed E-state index contributed by atoms with van der Waals surface area (Å²) in [5, 5.41) is 3.06. The summed E-state index contributed by atoms with van der Waals surface area (Å²) in [6.45, 7) is 4.19. The molecule has 0 bridgehead atoms. The molecule has 7 nitrogen and oxygen atoms in total. The van der Waals surface area contributed by atoms with Crippen molar-refractivity contribution in [2.45, 2.75) is 64.6 Å². The van der Waals surface area contributed by atoms with E-state index in [2.05, 4.69) is 21.2 Å². The predicted molar refractivity (Wildman–Crippen MR) is 153 cm³/mol. The fourth-order valence-corrected chi connectivity index (χ4v) is 5.49. The summed E-state index contributed by atoms with van der Waals surface area (Å²) in [4.78, 5) is 56.3. The largest absolute Gasteiger partial charge is 0.352 e. The number of fused-ring (bicyclic) bond motifs is 1. The van der Waals surface area contributed by atoms with E-state index in [1.807, 2.05) is 80.6 Å². The summed E-state index contributed by atoms with van der Waals surface area (Å²) >= 11 is 3.45. The van der Waals surface area contributed by atoms with Crippen molar-refractivity contribution in [1.29, 1.82) is 0 Å². The second kappa shape index (κ2) is 13.2. The highest BCUT2D eigenvalue weighted by Crippen LogP contribution is 2.35. The van der Waals surface area contributed by atoms with Gasteiger partial charge >= 0.3 is 0 Å². The van der Waals surface area contributed by atoms with Gasteiger partial charge in [0, 0.05) is 36.4 Å². The van der Waals surface area contributed by atoms with E-state index < -0.39 is 6.04 Å². The molecule has 0 saturated carbocycles. The molecule has 1 heterocycles. The lowest BCUT2D eigenvalue weighted by Crippen LogP contribution is -2.52. The van der Waals surface area contributed by atoms with Gasteiger partial charge in [-0.3, -0.25) is 24.1 Å². The summed E-state index contributed by atoms with van der Waals surface area (Å²) in [7, 11) is 0. The number of carbonyl (C=O) groups excluding carboxylic acids is 4. The van der Waals surface area contributed by atoms with Crippen molar-refractivity contribution in [3.8, 4) is 0 Å². The molecule has 0 aromatic heterocycles. The average Bonchev–Trinajstić information content (AvgIpc) is 3.19. The van der Waals surface area contributed by atoms with Crippen molar-refractivity contribution in [3.63, 3.8) is 0 Å². The fourth-order valence-electron chi connectivity index (χ4n) is 5.22. The first-order valence-corrected chi connectivity index (χ1v) is 14.5. The molecule has 1 aliphatic carbocycles. The number of benzene rings is 2. The monoisotopic (exact) mass is 593 g/mol. The molecule has 0 spiro atoms. The summed E-state index contributed by atoms with van der Waals surface area (Å²) in [5.41, 5.74) is 1.82. The second-order valence-corrected chi connectivity index (χ2v) is 11.3. The van der Waals surface area contributed by atoms with Crippen LogP contribution in [0.3, 0.4) is 0 Å². The molecule has 1 N–H and O–H groups in total. The Labute approximate surface area is 238 Å². The van der Waals surface area contributed by atoms with Gasteiger partial charge in [-0.1, -0.05) is 77.5 Å². The molecule has 2 aromatic carbocycles. The maximum atomic E-state index is 13.9. The Kier molecular flexibility index (Phi) is 9.73. The first kappa shape index (κ1) is 28.7. The number of likely N-dealkylation sites (tertiary alicyclic amines) is 1. The summed E-state index contributed by atoms with van der Waals surface area (Å²) < 4.78 is 0.918. The number of allylic oxidation sites excluding steroid dienone is 2. The molecule has 206 valence electrons. The molecule has 4 rings (SSSR count). The average molecular weight is 595 g/mol. The van der Waals surface area contributed by atoms with Gasteiger partial charge in [-0.15, -0.1) is 0 Å². The van der Waals surface area contributed by atoms with Crippen molar-refractivity contribution in [2.24, 2.45) is 11.8 Å². The smallest absolute Gasteiger partial charge is 0.243 e. The molecule has 1 saturated heterocycles. The van der Waals surface area contributed by atoms with Crippen LogP contribution in [0, 0.1) is 11.8 Å². The van der Waals surface area contributed by atoms with E-state index in [0.29, 0.717) is 19.3 Å². The van der Waals surface area contributed by atoms with Gasteiger partial charge in [0.1, 0.15) is 6.04 Å². The van der Waals surface area contributed by atoms with Crippen LogP contribution in [0.25, 0.3) is 0 Å². The zero-order chi connectivity index (χ0) is 27.9. The van der Waals surface area contributed by atoms with Crippen molar-refractivity contribution < 1.29 is 19.2 Å². The molecule has 2 aromatic rings. The van der Waals surface area contributed by atoms with Gasteiger partial charge in [-0.25, -0.2) is 0 Å². The number of amides is 4. The lowest BCUT2D eigenvalue weighted by Gasteiger charge is -2.33. The van der Waals surface area contributed by atoms with Crippen LogP contribution in [0.5, 0.6) is 0 Å². The third kappa shape index (κ3) is 7.04. The molecule has 0 unspecified atom stereocenters. The molecule has 1 fully saturated rings. The number of imide groups is 1. The Morgan fingerprint density at radius 3 is 2.18 bits per heavy atom. The summed E-state index contributed by atoms with van der Waals surface area (Å²) in [6, 6.07) is 16.5. The minimum Gasteiger partial charge on any atom is -0.352 e. The second-order valence-electron chi connectivity index (χ2n) is 10.4. The van der Waals surface area contributed by atoms with Gasteiger partial charge in [0.2, 0.25) is 23.6 Å². The molecule has 8 heteroatoms. The number of hydrogen-bond donors (Lipinski definition) is 1. The van der Waals surface area contributed by atoms with E-state index in [4.69, 9.17) is 0 Å². The Morgan fingerprint density at radius 2 is 1.59 bits per heavy atom. The molecule has 1 aliphatic heterocycles. The number of rotatable bonds is 11. The SMILES string of the molecule is CC[C@H](C)NC(=O)[C@@H](Cc1ccccc1)N(Cc1ccc(Br)cc1)C(=O)CCN1C(=O)[C@H]2CC=CC[C@H]2C1=O. The zero-order valence-corrected chi connectivity index (χ0v) is 24.1. The van der Waals surface area contributed by atoms with Gasteiger partial charge in [0.25, 0.3) is 0 Å². The minimum atomic E-state index is -0.755. The molecule has 4 amide bonds. The highest BCUT2D eigenvalue weighted by atomic mass is 79.9. The van der Waals surface area contributed by atoms with E-state index in [1.165, 1.54) is 4.90 Å². The van der Waals surface area contributed by atoms with E-state index >= 15 is 0 Å². The Bertz CT molecular complexity index is 1190. The van der Waals surface area contributed by atoms with Crippen LogP contribution in [0.2, 0.25) is 0 Å². The highest BCUT2D eigenvalue weighted by Gasteiger charge is 2.47. The number of hydrogen-bond acceptors (Lipinski definition) is 4. The van der Waals surface area contributed by atoms with Crippen LogP contribution in [0.4, 0.5) is 0 Å². The predicted octanol–water partition coefficient (Wildman–Crippen LogP) is 4.65. The quantitative estimate of drug-likeness (QED) is 0.303. The van der Waals surface area contributed by atoms with Crippen molar-refractivity contribution in [1.82, 2.24) is 15.1 Å². The van der Waals surface area contributed by atoms with Crippen molar-refractivity contribution in [2.75, 3.05) is 6.54 Å². The molecular formula is C31H36BrN3O4. The topological polar surface area (TPSA) is 86.8 Å². The van der Waals surface area contributed by atoms with E-state index in [-0.39, 0.29) is 61.0 Å². The molecule has 4 atom stereocenters. The van der Waals surface area contributed by atoms with Crippen LogP contribution in [0.15, 0.2) is 71.2 Å². The van der Waals surface area contributed by atoms with Crippen LogP contribution in [0.1, 0.15) is 50.7 Å². The number of nitrogens with one attached hydrogen (secondary N) is 1. The van der Waals surface area contributed by atoms with E-state index in [1.54, 1.807) is 4.90 Å². The van der Waals surface area contributed by atoms with Crippen LogP contribution < -0.4 is 5.32 Å². The number of halogens is 1. The molecule has 0 radical (unpaired) electrons. The maximum Gasteiger partial charge on any atom is 0.243 e. The first-order chi connectivity index (χ1) is 18.8. The standard InChI is InChI=1S/C31H36BrN3O4/c1-3-21(2)33-29(37)27(19-22-9-5-4-6-10-22)35(20-23-13-15-24(32)16-14-23)28(36)17-18-34-30(38)25-11-7-8-12-26(25)31(34)39/h4-10,13-16,21,25-27H,3,11-12,17-20H2,1-2H3,(H,33,37)/t21-,25-,26+,27+/m0/s1. The number of nitrogens with zero attached hydrogens (tertiary/aromatic N) is 2. The maximum absolute atomic E-state index is 13.9. The number of carbonyl (C=O) groups is 4. The lowest BCUT2D eigenvalue weighted by molar-refractivity contribution is -0.144. The van der Waals surface area contributed by atoms with Crippen LogP contribution >= 0.6 is 15.9 Å².